The lowest BCUT2D eigenvalue weighted by molar-refractivity contribution is 0.513. The van der Waals surface area contributed by atoms with E-state index in [1.807, 2.05) is 12.4 Å². The van der Waals surface area contributed by atoms with Crippen molar-refractivity contribution in [3.05, 3.63) is 24.5 Å². The molecule has 0 radical (unpaired) electrons. The van der Waals surface area contributed by atoms with Gasteiger partial charge in [-0.1, -0.05) is 13.1 Å². The van der Waals surface area contributed by atoms with Crippen LogP contribution in [0.25, 0.3) is 0 Å². The Bertz CT molecular complexity index is 440. The van der Waals surface area contributed by atoms with Crippen LogP contribution >= 0.6 is 0 Å². The highest BCUT2D eigenvalue weighted by molar-refractivity contribution is 6.99. The average Bonchev–Trinajstić information content (AvgIpc) is 2.71. The lowest BCUT2D eigenvalue weighted by Crippen LogP contribution is -2.62. The van der Waals surface area contributed by atoms with Crippen molar-refractivity contribution in [1.82, 2.24) is 19.6 Å². The van der Waals surface area contributed by atoms with Crippen molar-refractivity contribution in [2.45, 2.75) is 19.8 Å². The fourth-order valence-electron chi connectivity index (χ4n) is 2.21. The molecule has 0 saturated heterocycles. The Morgan fingerprint density at radius 2 is 1.57 bits per heavy atom. The fraction of sp³-hybridized carbons (Fsp3) is 0.333. The highest BCUT2D eigenvalue weighted by atomic mass is 28.3. The SMILES string of the molecule is C[Si]1(C)c2ccnn2Cn2nccc21. The van der Waals surface area contributed by atoms with Crippen molar-refractivity contribution in [2.24, 2.45) is 0 Å². The minimum Gasteiger partial charge on any atom is -0.252 e. The molecule has 3 heterocycles. The molecule has 3 rings (SSSR count). The average molecular weight is 204 g/mol. The van der Waals surface area contributed by atoms with Gasteiger partial charge in [-0.2, -0.15) is 10.2 Å². The third-order valence-electron chi connectivity index (χ3n) is 2.98. The molecule has 1 aliphatic rings. The maximum Gasteiger partial charge on any atom is 0.157 e. The van der Waals surface area contributed by atoms with Crippen molar-refractivity contribution in [2.75, 3.05) is 0 Å². The number of nitrogens with zero attached hydrogens (tertiary/aromatic N) is 4. The summed E-state index contributed by atoms with van der Waals surface area (Å²) in [6, 6.07) is 4.28. The van der Waals surface area contributed by atoms with Crippen molar-refractivity contribution < 1.29 is 0 Å². The van der Waals surface area contributed by atoms with Crippen LogP contribution < -0.4 is 10.6 Å². The summed E-state index contributed by atoms with van der Waals surface area (Å²) in [6.45, 7) is 5.45. The Labute approximate surface area is 83.2 Å². The van der Waals surface area contributed by atoms with Crippen LogP contribution in [0.5, 0.6) is 0 Å². The Morgan fingerprint density at radius 3 is 2.07 bits per heavy atom. The first-order valence-corrected chi connectivity index (χ1v) is 7.74. The number of rotatable bonds is 0. The van der Waals surface area contributed by atoms with Gasteiger partial charge in [0.05, 0.1) is 0 Å². The van der Waals surface area contributed by atoms with Crippen molar-refractivity contribution >= 4 is 18.7 Å². The molecule has 0 aromatic carbocycles. The summed E-state index contributed by atoms with van der Waals surface area (Å²) in [7, 11) is -1.53. The van der Waals surface area contributed by atoms with E-state index in [-0.39, 0.29) is 0 Å². The van der Waals surface area contributed by atoms with Gasteiger partial charge in [0.15, 0.2) is 8.07 Å². The molecule has 2 aromatic heterocycles. The minimum absolute atomic E-state index is 0.765. The van der Waals surface area contributed by atoms with Crippen LogP contribution in [0.15, 0.2) is 24.5 Å². The molecular formula is C9H12N4Si. The van der Waals surface area contributed by atoms with Gasteiger partial charge in [0.1, 0.15) is 6.67 Å². The maximum absolute atomic E-state index is 4.32. The van der Waals surface area contributed by atoms with E-state index >= 15 is 0 Å². The van der Waals surface area contributed by atoms with E-state index in [0.717, 1.165) is 6.67 Å². The second kappa shape index (κ2) is 2.36. The van der Waals surface area contributed by atoms with E-state index in [2.05, 4.69) is 44.8 Å². The second-order valence-corrected chi connectivity index (χ2v) is 8.47. The van der Waals surface area contributed by atoms with Gasteiger partial charge in [-0.3, -0.25) is 9.36 Å². The molecule has 0 atom stereocenters. The minimum atomic E-state index is -1.53. The zero-order valence-electron chi connectivity index (χ0n) is 8.31. The van der Waals surface area contributed by atoms with Gasteiger partial charge in [-0.05, 0) is 12.1 Å². The van der Waals surface area contributed by atoms with Crippen molar-refractivity contribution in [1.29, 1.82) is 0 Å². The van der Waals surface area contributed by atoms with Gasteiger partial charge in [-0.25, -0.2) is 0 Å². The molecule has 0 bridgehead atoms. The van der Waals surface area contributed by atoms with Gasteiger partial charge >= 0.3 is 0 Å². The second-order valence-electron chi connectivity index (χ2n) is 4.20. The molecule has 0 saturated carbocycles. The van der Waals surface area contributed by atoms with Crippen LogP contribution in [-0.4, -0.2) is 27.6 Å². The number of aromatic nitrogens is 4. The first-order chi connectivity index (χ1) is 6.69. The highest BCUT2D eigenvalue weighted by Gasteiger charge is 2.36. The Hall–Kier alpha value is -1.36. The lowest BCUT2D eigenvalue weighted by Gasteiger charge is -2.29. The molecule has 72 valence electrons. The van der Waals surface area contributed by atoms with Crippen LogP contribution in [0.2, 0.25) is 13.1 Å². The molecule has 0 spiro atoms. The van der Waals surface area contributed by atoms with Crippen LogP contribution in [-0.2, 0) is 6.67 Å². The molecular weight excluding hydrogens is 192 g/mol. The standard InChI is InChI=1S/C9H12N4Si/c1-14(2)8-3-5-10-12(8)7-13-9(14)4-6-11-13/h3-6H,7H2,1-2H3. The summed E-state index contributed by atoms with van der Waals surface area (Å²) in [5, 5.41) is 11.4. The Kier molecular flexibility index (Phi) is 1.34. The first-order valence-electron chi connectivity index (χ1n) is 4.74. The zero-order chi connectivity index (χ0) is 9.76. The normalized spacial score (nSPS) is 17.6. The molecule has 4 nitrogen and oxygen atoms in total. The largest absolute Gasteiger partial charge is 0.252 e. The van der Waals surface area contributed by atoms with Gasteiger partial charge in [0.2, 0.25) is 0 Å². The summed E-state index contributed by atoms with van der Waals surface area (Å²) in [5.41, 5.74) is 0. The molecule has 0 fully saturated rings. The molecule has 0 N–H and O–H groups in total. The molecule has 2 aromatic rings. The summed E-state index contributed by atoms with van der Waals surface area (Å²) >= 11 is 0. The zero-order valence-corrected chi connectivity index (χ0v) is 9.31. The highest BCUT2D eigenvalue weighted by Crippen LogP contribution is 2.08. The topological polar surface area (TPSA) is 35.6 Å². The monoisotopic (exact) mass is 204 g/mol. The molecule has 5 heteroatoms. The van der Waals surface area contributed by atoms with Crippen LogP contribution in [0.1, 0.15) is 0 Å². The number of hydrogen-bond acceptors (Lipinski definition) is 2. The predicted molar refractivity (Wildman–Crippen MR) is 56.6 cm³/mol. The van der Waals surface area contributed by atoms with Crippen LogP contribution in [0.3, 0.4) is 0 Å². The molecule has 0 amide bonds. The third kappa shape index (κ3) is 0.823. The van der Waals surface area contributed by atoms with Crippen LogP contribution in [0, 0.1) is 0 Å². The smallest absolute Gasteiger partial charge is 0.157 e. The molecule has 0 aliphatic carbocycles. The summed E-state index contributed by atoms with van der Waals surface area (Å²) < 4.78 is 4.12. The van der Waals surface area contributed by atoms with E-state index in [9.17, 15) is 0 Å². The van der Waals surface area contributed by atoms with Gasteiger partial charge in [-0.15, -0.1) is 0 Å². The maximum atomic E-state index is 4.32. The van der Waals surface area contributed by atoms with E-state index in [4.69, 9.17) is 0 Å². The molecule has 1 aliphatic heterocycles. The quantitative estimate of drug-likeness (QED) is 0.553. The summed E-state index contributed by atoms with van der Waals surface area (Å²) in [5.74, 6) is 0. The van der Waals surface area contributed by atoms with E-state index in [1.165, 1.54) is 10.6 Å². The van der Waals surface area contributed by atoms with E-state index < -0.39 is 8.07 Å². The number of hydrogen-bond donors (Lipinski definition) is 0. The van der Waals surface area contributed by atoms with Crippen LogP contribution in [0.4, 0.5) is 0 Å². The first kappa shape index (κ1) is 7.99. The molecule has 14 heavy (non-hydrogen) atoms. The third-order valence-corrected chi connectivity index (χ3v) is 6.39. The van der Waals surface area contributed by atoms with Gasteiger partial charge < -0.3 is 0 Å². The number of fused-ring (bicyclic) bond motifs is 2. The lowest BCUT2D eigenvalue weighted by atomic mass is 10.7. The Balaban J connectivity index is 2.29. The Morgan fingerprint density at radius 1 is 1.07 bits per heavy atom. The van der Waals surface area contributed by atoms with Crippen molar-refractivity contribution in [3.63, 3.8) is 0 Å². The summed E-state index contributed by atoms with van der Waals surface area (Å²) in [4.78, 5) is 0. The van der Waals surface area contributed by atoms with Gasteiger partial charge in [0, 0.05) is 23.0 Å². The molecule has 0 unspecified atom stereocenters. The fourth-order valence-corrected chi connectivity index (χ4v) is 5.00. The van der Waals surface area contributed by atoms with Gasteiger partial charge in [0.25, 0.3) is 0 Å². The predicted octanol–water partition coefficient (Wildman–Crippen LogP) is -0.279. The van der Waals surface area contributed by atoms with E-state index in [0.29, 0.717) is 0 Å². The summed E-state index contributed by atoms with van der Waals surface area (Å²) in [6.07, 6.45) is 3.77. The van der Waals surface area contributed by atoms with Crippen molar-refractivity contribution in [3.8, 4) is 0 Å². The van der Waals surface area contributed by atoms with E-state index in [1.54, 1.807) is 0 Å².